The Labute approximate surface area is 161 Å². The van der Waals surface area contributed by atoms with Gasteiger partial charge in [0.2, 0.25) is 0 Å². The highest BCUT2D eigenvalue weighted by Gasteiger charge is 2.20. The lowest BCUT2D eigenvalue weighted by molar-refractivity contribution is 0.221. The van der Waals surface area contributed by atoms with Crippen LogP contribution in [-0.4, -0.2) is 61.7 Å². The van der Waals surface area contributed by atoms with Gasteiger partial charge in [0.15, 0.2) is 5.96 Å². The Balaban J connectivity index is 1.46. The van der Waals surface area contributed by atoms with Crippen molar-refractivity contribution in [1.82, 2.24) is 15.2 Å². The standard InChI is InChI=1S/C21H29N5O/c1-17-7-9-19(10-8-17)27-18(2)16-24-21(22-3)26-14-12-25(13-15-26)20-6-4-5-11-23-20/h4-11,18H,12-16H2,1-3H3,(H,22,24). The molecule has 1 aromatic heterocycles. The van der Waals surface area contributed by atoms with Crippen molar-refractivity contribution in [1.29, 1.82) is 0 Å². The largest absolute Gasteiger partial charge is 0.489 e. The van der Waals surface area contributed by atoms with Crippen LogP contribution >= 0.6 is 0 Å². The predicted molar refractivity (Wildman–Crippen MR) is 111 cm³/mol. The smallest absolute Gasteiger partial charge is 0.193 e. The lowest BCUT2D eigenvalue weighted by atomic mass is 10.2. The highest BCUT2D eigenvalue weighted by molar-refractivity contribution is 5.80. The molecule has 1 saturated heterocycles. The first-order valence-electron chi connectivity index (χ1n) is 9.50. The van der Waals surface area contributed by atoms with Gasteiger partial charge in [-0.2, -0.15) is 0 Å². The van der Waals surface area contributed by atoms with Crippen LogP contribution in [-0.2, 0) is 0 Å². The monoisotopic (exact) mass is 367 g/mol. The summed E-state index contributed by atoms with van der Waals surface area (Å²) in [5.74, 6) is 2.86. The van der Waals surface area contributed by atoms with Gasteiger partial charge in [0.05, 0.1) is 6.54 Å². The summed E-state index contributed by atoms with van der Waals surface area (Å²) in [6.45, 7) is 8.57. The fraction of sp³-hybridized carbons (Fsp3) is 0.429. The van der Waals surface area contributed by atoms with Crippen LogP contribution in [0.25, 0.3) is 0 Å². The number of nitrogens with zero attached hydrogens (tertiary/aromatic N) is 4. The molecule has 0 bridgehead atoms. The number of benzene rings is 1. The number of piperazine rings is 1. The van der Waals surface area contributed by atoms with Crippen molar-refractivity contribution in [3.63, 3.8) is 0 Å². The summed E-state index contributed by atoms with van der Waals surface area (Å²) in [5, 5.41) is 3.44. The molecule has 1 atom stereocenters. The number of hydrogen-bond donors (Lipinski definition) is 1. The summed E-state index contributed by atoms with van der Waals surface area (Å²) in [6, 6.07) is 14.2. The molecule has 0 radical (unpaired) electrons. The number of aliphatic imine (C=N–C) groups is 1. The maximum absolute atomic E-state index is 5.97. The highest BCUT2D eigenvalue weighted by Crippen LogP contribution is 2.14. The van der Waals surface area contributed by atoms with Gasteiger partial charge in [-0.3, -0.25) is 4.99 Å². The van der Waals surface area contributed by atoms with Crippen LogP contribution < -0.4 is 15.0 Å². The molecule has 27 heavy (non-hydrogen) atoms. The number of ether oxygens (including phenoxy) is 1. The van der Waals surface area contributed by atoms with E-state index in [1.54, 1.807) is 0 Å². The quantitative estimate of drug-likeness (QED) is 0.650. The molecule has 0 amide bonds. The van der Waals surface area contributed by atoms with Crippen LogP contribution in [0.1, 0.15) is 12.5 Å². The summed E-state index contributed by atoms with van der Waals surface area (Å²) in [4.78, 5) is 13.5. The number of nitrogens with one attached hydrogen (secondary N) is 1. The third-order valence-electron chi connectivity index (χ3n) is 4.67. The minimum atomic E-state index is 0.0549. The molecule has 1 unspecified atom stereocenters. The van der Waals surface area contributed by atoms with E-state index in [0.717, 1.165) is 43.7 Å². The Hall–Kier alpha value is -2.76. The molecule has 2 aromatic rings. The van der Waals surface area contributed by atoms with E-state index in [4.69, 9.17) is 4.74 Å². The minimum Gasteiger partial charge on any atom is -0.489 e. The lowest BCUT2D eigenvalue weighted by Gasteiger charge is -2.37. The van der Waals surface area contributed by atoms with Crippen LogP contribution in [0.3, 0.4) is 0 Å². The van der Waals surface area contributed by atoms with Crippen LogP contribution in [0.5, 0.6) is 5.75 Å². The molecule has 144 valence electrons. The predicted octanol–water partition coefficient (Wildman–Crippen LogP) is 2.55. The van der Waals surface area contributed by atoms with Gasteiger partial charge in [-0.05, 0) is 38.1 Å². The second-order valence-electron chi connectivity index (χ2n) is 6.83. The Morgan fingerprint density at radius 1 is 1.15 bits per heavy atom. The van der Waals surface area contributed by atoms with E-state index in [-0.39, 0.29) is 6.10 Å². The van der Waals surface area contributed by atoms with Crippen LogP contribution in [0.2, 0.25) is 0 Å². The van der Waals surface area contributed by atoms with E-state index in [1.807, 2.05) is 37.5 Å². The molecule has 2 heterocycles. The fourth-order valence-corrected chi connectivity index (χ4v) is 3.15. The zero-order chi connectivity index (χ0) is 19.1. The van der Waals surface area contributed by atoms with Crippen LogP contribution in [0.15, 0.2) is 53.7 Å². The second-order valence-corrected chi connectivity index (χ2v) is 6.83. The molecule has 1 fully saturated rings. The van der Waals surface area contributed by atoms with E-state index >= 15 is 0 Å². The molecule has 1 aromatic carbocycles. The number of anilines is 1. The first-order valence-corrected chi connectivity index (χ1v) is 9.50. The Kier molecular flexibility index (Phi) is 6.52. The minimum absolute atomic E-state index is 0.0549. The van der Waals surface area contributed by atoms with E-state index in [2.05, 4.69) is 57.1 Å². The van der Waals surface area contributed by atoms with Gasteiger partial charge in [-0.15, -0.1) is 0 Å². The number of rotatable bonds is 5. The zero-order valence-electron chi connectivity index (χ0n) is 16.4. The van der Waals surface area contributed by atoms with Crippen LogP contribution in [0.4, 0.5) is 5.82 Å². The van der Waals surface area contributed by atoms with Crippen molar-refractivity contribution < 1.29 is 4.74 Å². The summed E-state index contributed by atoms with van der Waals surface area (Å²) in [5.41, 5.74) is 1.23. The SMILES string of the molecule is CN=C(NCC(C)Oc1ccc(C)cc1)N1CCN(c2ccccn2)CC1. The summed E-state index contributed by atoms with van der Waals surface area (Å²) in [6.07, 6.45) is 1.90. The first kappa shape index (κ1) is 19.0. The third-order valence-corrected chi connectivity index (χ3v) is 4.67. The Bertz CT molecular complexity index is 724. The molecule has 1 aliphatic rings. The van der Waals surface area contributed by atoms with Gasteiger partial charge in [0.1, 0.15) is 17.7 Å². The van der Waals surface area contributed by atoms with E-state index in [9.17, 15) is 0 Å². The maximum atomic E-state index is 5.97. The highest BCUT2D eigenvalue weighted by atomic mass is 16.5. The van der Waals surface area contributed by atoms with Crippen molar-refractivity contribution in [3.05, 3.63) is 54.2 Å². The van der Waals surface area contributed by atoms with Crippen molar-refractivity contribution in [2.45, 2.75) is 20.0 Å². The van der Waals surface area contributed by atoms with Gasteiger partial charge < -0.3 is 19.9 Å². The third kappa shape index (κ3) is 5.36. The van der Waals surface area contributed by atoms with Crippen LogP contribution in [0, 0.1) is 6.92 Å². The van der Waals surface area contributed by atoms with Crippen molar-refractivity contribution in [3.8, 4) is 5.75 Å². The Morgan fingerprint density at radius 2 is 1.89 bits per heavy atom. The van der Waals surface area contributed by atoms with Gasteiger partial charge in [-0.25, -0.2) is 4.98 Å². The molecule has 6 heteroatoms. The number of guanidine groups is 1. The maximum Gasteiger partial charge on any atom is 0.193 e. The van der Waals surface area contributed by atoms with Gasteiger partial charge >= 0.3 is 0 Å². The molecular formula is C21H29N5O. The molecule has 1 aliphatic heterocycles. The van der Waals surface area contributed by atoms with Gasteiger partial charge in [-0.1, -0.05) is 23.8 Å². The molecule has 0 aliphatic carbocycles. The van der Waals surface area contributed by atoms with Gasteiger partial charge in [0.25, 0.3) is 0 Å². The first-order chi connectivity index (χ1) is 13.2. The van der Waals surface area contributed by atoms with Crippen molar-refractivity contribution in [2.24, 2.45) is 4.99 Å². The molecule has 6 nitrogen and oxygen atoms in total. The summed E-state index contributed by atoms with van der Waals surface area (Å²) < 4.78 is 5.97. The summed E-state index contributed by atoms with van der Waals surface area (Å²) >= 11 is 0. The lowest BCUT2D eigenvalue weighted by Crippen LogP contribution is -2.53. The molecule has 0 spiro atoms. The van der Waals surface area contributed by atoms with Crippen molar-refractivity contribution in [2.75, 3.05) is 44.7 Å². The number of hydrogen-bond acceptors (Lipinski definition) is 4. The van der Waals surface area contributed by atoms with E-state index < -0.39 is 0 Å². The van der Waals surface area contributed by atoms with Gasteiger partial charge in [0, 0.05) is 39.4 Å². The normalized spacial score (nSPS) is 16.2. The molecule has 3 rings (SSSR count). The average Bonchev–Trinajstić information content (AvgIpc) is 2.71. The molecule has 1 N–H and O–H groups in total. The molecular weight excluding hydrogens is 338 g/mol. The number of aryl methyl sites for hydroxylation is 1. The summed E-state index contributed by atoms with van der Waals surface area (Å²) in [7, 11) is 1.83. The number of aromatic nitrogens is 1. The topological polar surface area (TPSA) is 53.0 Å². The van der Waals surface area contributed by atoms with E-state index in [0.29, 0.717) is 6.54 Å². The van der Waals surface area contributed by atoms with Crippen molar-refractivity contribution >= 4 is 11.8 Å². The molecule has 0 saturated carbocycles. The fourth-order valence-electron chi connectivity index (χ4n) is 3.15. The second kappa shape index (κ2) is 9.26. The van der Waals surface area contributed by atoms with E-state index in [1.165, 1.54) is 5.56 Å². The average molecular weight is 367 g/mol. The Morgan fingerprint density at radius 3 is 2.52 bits per heavy atom. The zero-order valence-corrected chi connectivity index (χ0v) is 16.4. The number of pyridine rings is 1.